The van der Waals surface area contributed by atoms with Crippen molar-refractivity contribution in [2.45, 2.75) is 58.9 Å². The summed E-state index contributed by atoms with van der Waals surface area (Å²) in [4.78, 5) is 12.0. The number of hydrogen-bond donors (Lipinski definition) is 1. The zero-order chi connectivity index (χ0) is 12.2. The van der Waals surface area contributed by atoms with Gasteiger partial charge in [-0.05, 0) is 32.1 Å². The molecule has 0 aromatic rings. The first-order chi connectivity index (χ1) is 7.51. The SMILES string of the molecule is CCC(C)(C#N)C(=O)NC1CCCC(C)C1. The molecule has 3 heteroatoms. The van der Waals surface area contributed by atoms with Crippen LogP contribution in [0.15, 0.2) is 0 Å². The molecule has 0 radical (unpaired) electrons. The number of nitrogens with zero attached hydrogens (tertiary/aromatic N) is 1. The Hall–Kier alpha value is -1.04. The highest BCUT2D eigenvalue weighted by molar-refractivity contribution is 5.85. The van der Waals surface area contributed by atoms with Gasteiger partial charge < -0.3 is 5.32 Å². The Morgan fingerprint density at radius 2 is 2.25 bits per heavy atom. The summed E-state index contributed by atoms with van der Waals surface area (Å²) in [5, 5.41) is 12.1. The summed E-state index contributed by atoms with van der Waals surface area (Å²) in [6.07, 6.45) is 5.12. The molecule has 1 amide bonds. The molecule has 0 aromatic heterocycles. The van der Waals surface area contributed by atoms with E-state index in [1.54, 1.807) is 6.92 Å². The molecule has 1 fully saturated rings. The summed E-state index contributed by atoms with van der Waals surface area (Å²) in [5.41, 5.74) is -0.860. The highest BCUT2D eigenvalue weighted by Crippen LogP contribution is 2.26. The first-order valence-corrected chi connectivity index (χ1v) is 6.24. The lowest BCUT2D eigenvalue weighted by molar-refractivity contribution is -0.128. The fraction of sp³-hybridized carbons (Fsp3) is 0.846. The van der Waals surface area contributed by atoms with Gasteiger partial charge >= 0.3 is 0 Å². The third-order valence-electron chi connectivity index (χ3n) is 3.73. The van der Waals surface area contributed by atoms with Crippen LogP contribution in [0.3, 0.4) is 0 Å². The molecule has 1 aliphatic rings. The average Bonchev–Trinajstić information content (AvgIpc) is 2.28. The minimum atomic E-state index is -0.860. The number of nitrogens with one attached hydrogen (secondary N) is 1. The molecule has 1 saturated carbocycles. The number of amides is 1. The van der Waals surface area contributed by atoms with Crippen LogP contribution in [-0.2, 0) is 4.79 Å². The van der Waals surface area contributed by atoms with Gasteiger partial charge in [0.2, 0.25) is 5.91 Å². The third-order valence-corrected chi connectivity index (χ3v) is 3.73. The maximum Gasteiger partial charge on any atom is 0.240 e. The summed E-state index contributed by atoms with van der Waals surface area (Å²) in [6, 6.07) is 2.39. The lowest BCUT2D eigenvalue weighted by Gasteiger charge is -2.30. The second-order valence-corrected chi connectivity index (χ2v) is 5.24. The number of rotatable bonds is 3. The maximum absolute atomic E-state index is 12.0. The van der Waals surface area contributed by atoms with Gasteiger partial charge in [0.15, 0.2) is 0 Å². The van der Waals surface area contributed by atoms with E-state index < -0.39 is 5.41 Å². The van der Waals surface area contributed by atoms with E-state index >= 15 is 0 Å². The molecule has 0 bridgehead atoms. The Labute approximate surface area is 98.2 Å². The van der Waals surface area contributed by atoms with Crippen LogP contribution < -0.4 is 5.32 Å². The Kier molecular flexibility index (Phi) is 4.35. The Morgan fingerprint density at radius 3 is 2.75 bits per heavy atom. The predicted molar refractivity (Wildman–Crippen MR) is 63.6 cm³/mol. The summed E-state index contributed by atoms with van der Waals surface area (Å²) in [5.74, 6) is 0.589. The molecule has 0 heterocycles. The number of hydrogen-bond acceptors (Lipinski definition) is 2. The lowest BCUT2D eigenvalue weighted by Crippen LogP contribution is -2.45. The molecule has 1 N–H and O–H groups in total. The van der Waals surface area contributed by atoms with Gasteiger partial charge in [0, 0.05) is 6.04 Å². The van der Waals surface area contributed by atoms with Crippen molar-refractivity contribution in [1.29, 1.82) is 5.26 Å². The van der Waals surface area contributed by atoms with Gasteiger partial charge in [0.05, 0.1) is 6.07 Å². The largest absolute Gasteiger partial charge is 0.352 e. The van der Waals surface area contributed by atoms with Gasteiger partial charge in [0.1, 0.15) is 5.41 Å². The second kappa shape index (κ2) is 5.34. The Morgan fingerprint density at radius 1 is 1.56 bits per heavy atom. The summed E-state index contributed by atoms with van der Waals surface area (Å²) < 4.78 is 0. The van der Waals surface area contributed by atoms with Crippen LogP contribution in [0.2, 0.25) is 0 Å². The molecule has 1 rings (SSSR count). The normalized spacial score (nSPS) is 28.9. The minimum absolute atomic E-state index is 0.100. The molecule has 1 aliphatic carbocycles. The van der Waals surface area contributed by atoms with Gasteiger partial charge in [-0.2, -0.15) is 5.26 Å². The summed E-state index contributed by atoms with van der Waals surface area (Å²) >= 11 is 0. The van der Waals surface area contributed by atoms with E-state index in [9.17, 15) is 4.79 Å². The Balaban J connectivity index is 2.54. The van der Waals surface area contributed by atoms with Gasteiger partial charge in [-0.25, -0.2) is 0 Å². The topological polar surface area (TPSA) is 52.9 Å². The molecule has 0 saturated heterocycles. The first-order valence-electron chi connectivity index (χ1n) is 6.24. The van der Waals surface area contributed by atoms with Crippen molar-refractivity contribution in [3.05, 3.63) is 0 Å². The average molecular weight is 222 g/mol. The molecular formula is C13H22N2O. The van der Waals surface area contributed by atoms with E-state index in [2.05, 4.69) is 18.3 Å². The van der Waals surface area contributed by atoms with Crippen LogP contribution in [0.4, 0.5) is 0 Å². The number of carbonyl (C=O) groups is 1. The molecule has 90 valence electrons. The van der Waals surface area contributed by atoms with Gasteiger partial charge in [0.25, 0.3) is 0 Å². The van der Waals surface area contributed by atoms with E-state index in [1.807, 2.05) is 6.92 Å². The van der Waals surface area contributed by atoms with Crippen molar-refractivity contribution >= 4 is 5.91 Å². The quantitative estimate of drug-likeness (QED) is 0.798. The van der Waals surface area contributed by atoms with E-state index in [0.29, 0.717) is 12.3 Å². The number of nitriles is 1. The monoisotopic (exact) mass is 222 g/mol. The van der Waals surface area contributed by atoms with Crippen molar-refractivity contribution in [2.24, 2.45) is 11.3 Å². The molecule has 3 unspecified atom stereocenters. The van der Waals surface area contributed by atoms with Crippen LogP contribution >= 0.6 is 0 Å². The van der Waals surface area contributed by atoms with Crippen LogP contribution in [0.1, 0.15) is 52.9 Å². The summed E-state index contributed by atoms with van der Waals surface area (Å²) in [7, 11) is 0. The van der Waals surface area contributed by atoms with Crippen LogP contribution in [0, 0.1) is 22.7 Å². The van der Waals surface area contributed by atoms with Gasteiger partial charge in [-0.3, -0.25) is 4.79 Å². The third kappa shape index (κ3) is 2.98. The number of carbonyl (C=O) groups excluding carboxylic acids is 1. The Bertz CT molecular complexity index is 295. The molecule has 0 aliphatic heterocycles. The van der Waals surface area contributed by atoms with Gasteiger partial charge in [-0.1, -0.05) is 26.7 Å². The highest BCUT2D eigenvalue weighted by atomic mass is 16.2. The maximum atomic E-state index is 12.0. The van der Waals surface area contributed by atoms with E-state index in [-0.39, 0.29) is 11.9 Å². The fourth-order valence-electron chi connectivity index (χ4n) is 2.20. The molecule has 0 spiro atoms. The van der Waals surface area contributed by atoms with Crippen LogP contribution in [0.25, 0.3) is 0 Å². The molecule has 0 aromatic carbocycles. The smallest absolute Gasteiger partial charge is 0.240 e. The van der Waals surface area contributed by atoms with Crippen LogP contribution in [-0.4, -0.2) is 11.9 Å². The fourth-order valence-corrected chi connectivity index (χ4v) is 2.20. The van der Waals surface area contributed by atoms with Crippen molar-refractivity contribution < 1.29 is 4.79 Å². The van der Waals surface area contributed by atoms with Crippen molar-refractivity contribution in [1.82, 2.24) is 5.32 Å². The van der Waals surface area contributed by atoms with E-state index in [4.69, 9.17) is 5.26 Å². The molecule has 3 nitrogen and oxygen atoms in total. The minimum Gasteiger partial charge on any atom is -0.352 e. The van der Waals surface area contributed by atoms with Crippen molar-refractivity contribution in [2.75, 3.05) is 0 Å². The molecule has 3 atom stereocenters. The van der Waals surface area contributed by atoms with Gasteiger partial charge in [-0.15, -0.1) is 0 Å². The zero-order valence-corrected chi connectivity index (χ0v) is 10.5. The van der Waals surface area contributed by atoms with E-state index in [1.165, 1.54) is 12.8 Å². The van der Waals surface area contributed by atoms with Crippen molar-refractivity contribution in [3.8, 4) is 6.07 Å². The lowest BCUT2D eigenvalue weighted by atomic mass is 9.84. The standard InChI is InChI=1S/C13H22N2O/c1-4-13(3,9-14)12(16)15-11-7-5-6-10(2)8-11/h10-11H,4-8H2,1-3H3,(H,15,16). The van der Waals surface area contributed by atoms with Crippen molar-refractivity contribution in [3.63, 3.8) is 0 Å². The van der Waals surface area contributed by atoms with E-state index in [0.717, 1.165) is 12.8 Å². The predicted octanol–water partition coefficient (Wildman–Crippen LogP) is 2.62. The zero-order valence-electron chi connectivity index (χ0n) is 10.5. The first kappa shape index (κ1) is 13.0. The second-order valence-electron chi connectivity index (χ2n) is 5.24. The molecular weight excluding hydrogens is 200 g/mol. The summed E-state index contributed by atoms with van der Waals surface area (Å²) in [6.45, 7) is 5.82. The highest BCUT2D eigenvalue weighted by Gasteiger charge is 2.33. The van der Waals surface area contributed by atoms with Crippen LogP contribution in [0.5, 0.6) is 0 Å². The molecule has 16 heavy (non-hydrogen) atoms.